The molecule has 1 N–H and O–H groups in total. The van der Waals surface area contributed by atoms with Crippen molar-refractivity contribution in [3.05, 3.63) is 0 Å². The zero-order chi connectivity index (χ0) is 15.6. The number of likely N-dealkylation sites (tertiary alicyclic amines) is 2. The molecule has 2 aliphatic rings. The third-order valence-corrected chi connectivity index (χ3v) is 5.06. The van der Waals surface area contributed by atoms with E-state index in [-0.39, 0.29) is 17.4 Å². The molecule has 2 saturated heterocycles. The maximum Gasteiger partial charge on any atom is 0.227 e. The van der Waals surface area contributed by atoms with Crippen LogP contribution in [0.4, 0.5) is 0 Å². The summed E-state index contributed by atoms with van der Waals surface area (Å²) in [5, 5.41) is 9.99. The second kappa shape index (κ2) is 6.66. The van der Waals surface area contributed by atoms with Gasteiger partial charge in [-0.05, 0) is 37.6 Å². The van der Waals surface area contributed by atoms with Gasteiger partial charge in [-0.3, -0.25) is 4.79 Å². The first kappa shape index (κ1) is 16.8. The lowest BCUT2D eigenvalue weighted by Gasteiger charge is -2.40. The van der Waals surface area contributed by atoms with Gasteiger partial charge in [-0.1, -0.05) is 27.7 Å². The van der Waals surface area contributed by atoms with Crippen LogP contribution in [0.15, 0.2) is 0 Å². The van der Waals surface area contributed by atoms with Crippen molar-refractivity contribution < 1.29 is 9.90 Å². The predicted molar refractivity (Wildman–Crippen MR) is 85.0 cm³/mol. The van der Waals surface area contributed by atoms with Gasteiger partial charge in [0.2, 0.25) is 5.91 Å². The molecule has 0 aliphatic carbocycles. The Morgan fingerprint density at radius 1 is 1.14 bits per heavy atom. The van der Waals surface area contributed by atoms with E-state index in [0.717, 1.165) is 52.0 Å². The van der Waals surface area contributed by atoms with Crippen molar-refractivity contribution >= 4 is 5.91 Å². The van der Waals surface area contributed by atoms with Gasteiger partial charge in [0.05, 0.1) is 6.10 Å². The third-order valence-electron chi connectivity index (χ3n) is 5.06. The van der Waals surface area contributed by atoms with Crippen LogP contribution in [0, 0.1) is 17.3 Å². The molecule has 4 nitrogen and oxygen atoms in total. The molecule has 1 amide bonds. The third kappa shape index (κ3) is 4.43. The first-order valence-corrected chi connectivity index (χ1v) is 8.47. The average molecular weight is 296 g/mol. The van der Waals surface area contributed by atoms with E-state index < -0.39 is 0 Å². The minimum absolute atomic E-state index is 0.165. The fourth-order valence-corrected chi connectivity index (χ4v) is 3.44. The van der Waals surface area contributed by atoms with Gasteiger partial charge >= 0.3 is 0 Å². The topological polar surface area (TPSA) is 43.8 Å². The fourth-order valence-electron chi connectivity index (χ4n) is 3.44. The van der Waals surface area contributed by atoms with E-state index in [4.69, 9.17) is 0 Å². The summed E-state index contributed by atoms with van der Waals surface area (Å²) < 4.78 is 0. The van der Waals surface area contributed by atoms with Crippen LogP contribution in [-0.4, -0.2) is 59.6 Å². The van der Waals surface area contributed by atoms with Crippen molar-refractivity contribution in [2.45, 2.75) is 53.1 Å². The average Bonchev–Trinajstić information content (AvgIpc) is 2.42. The van der Waals surface area contributed by atoms with Gasteiger partial charge in [-0.25, -0.2) is 0 Å². The molecule has 0 unspecified atom stereocenters. The first-order valence-electron chi connectivity index (χ1n) is 8.47. The molecule has 0 bridgehead atoms. The van der Waals surface area contributed by atoms with Crippen LogP contribution in [0.5, 0.6) is 0 Å². The van der Waals surface area contributed by atoms with E-state index in [9.17, 15) is 9.90 Å². The minimum Gasteiger partial charge on any atom is -0.392 e. The maximum absolute atomic E-state index is 12.3. The summed E-state index contributed by atoms with van der Waals surface area (Å²) >= 11 is 0. The molecule has 122 valence electrons. The van der Waals surface area contributed by atoms with E-state index in [0.29, 0.717) is 11.8 Å². The predicted octanol–water partition coefficient (Wildman–Crippen LogP) is 1.97. The molecular formula is C17H32N2O2. The minimum atomic E-state index is -0.264. The number of nitrogens with zero attached hydrogens (tertiary/aromatic N) is 2. The highest BCUT2D eigenvalue weighted by Gasteiger charge is 2.32. The van der Waals surface area contributed by atoms with E-state index in [1.54, 1.807) is 0 Å². The molecule has 2 rings (SSSR count). The summed E-state index contributed by atoms with van der Waals surface area (Å²) in [5.74, 6) is 1.39. The maximum atomic E-state index is 12.3. The SMILES string of the molecule is C[C@H]1CCN(CC2CCN(C(=O)C(C)(C)C)CC2)C[C@H]1O. The molecule has 0 radical (unpaired) electrons. The number of hydrogen-bond acceptors (Lipinski definition) is 3. The Labute approximate surface area is 129 Å². The standard InChI is InChI=1S/C17H32N2O2/c1-13-5-8-18(12-15(13)20)11-14-6-9-19(10-7-14)16(21)17(2,3)4/h13-15,20H,5-12H2,1-4H3/t13-,15+/m0/s1. The van der Waals surface area contributed by atoms with Crippen molar-refractivity contribution in [3.63, 3.8) is 0 Å². The number of aliphatic hydroxyl groups excluding tert-OH is 1. The molecule has 2 atom stereocenters. The van der Waals surface area contributed by atoms with Gasteiger partial charge in [-0.15, -0.1) is 0 Å². The van der Waals surface area contributed by atoms with Crippen molar-refractivity contribution in [1.29, 1.82) is 0 Å². The Balaban J connectivity index is 1.76. The molecule has 0 spiro atoms. The van der Waals surface area contributed by atoms with Crippen LogP contribution >= 0.6 is 0 Å². The largest absolute Gasteiger partial charge is 0.392 e. The van der Waals surface area contributed by atoms with Crippen molar-refractivity contribution in [1.82, 2.24) is 9.80 Å². The zero-order valence-corrected chi connectivity index (χ0v) is 14.1. The zero-order valence-electron chi connectivity index (χ0n) is 14.1. The monoisotopic (exact) mass is 296 g/mol. The molecule has 2 heterocycles. The smallest absolute Gasteiger partial charge is 0.227 e. The Morgan fingerprint density at radius 3 is 2.29 bits per heavy atom. The lowest BCUT2D eigenvalue weighted by Crippen LogP contribution is -2.48. The normalized spacial score (nSPS) is 29.7. The fraction of sp³-hybridized carbons (Fsp3) is 0.941. The van der Waals surface area contributed by atoms with Crippen LogP contribution in [-0.2, 0) is 4.79 Å². The second-order valence-electron chi connectivity index (χ2n) is 8.08. The summed E-state index contributed by atoms with van der Waals surface area (Å²) in [6.45, 7) is 12.9. The summed E-state index contributed by atoms with van der Waals surface area (Å²) in [5.41, 5.74) is -0.264. The van der Waals surface area contributed by atoms with Crippen LogP contribution in [0.2, 0.25) is 0 Å². The number of amides is 1. The Hall–Kier alpha value is -0.610. The molecule has 0 aromatic carbocycles. The number of hydrogen-bond donors (Lipinski definition) is 1. The lowest BCUT2D eigenvalue weighted by atomic mass is 9.90. The number of rotatable bonds is 2. The molecule has 0 saturated carbocycles. The molecular weight excluding hydrogens is 264 g/mol. The molecule has 0 aromatic heterocycles. The van der Waals surface area contributed by atoms with Crippen LogP contribution in [0.25, 0.3) is 0 Å². The number of β-amino-alcohol motifs (C(OH)–C–C–N with tert-alkyl or cyclic N) is 1. The summed E-state index contributed by atoms with van der Waals surface area (Å²) in [6, 6.07) is 0. The highest BCUT2D eigenvalue weighted by atomic mass is 16.3. The number of aliphatic hydroxyl groups is 1. The van der Waals surface area contributed by atoms with Gasteiger partial charge in [0.15, 0.2) is 0 Å². The van der Waals surface area contributed by atoms with Crippen LogP contribution in [0.1, 0.15) is 47.0 Å². The Bertz CT molecular complexity index is 356. The summed E-state index contributed by atoms with van der Waals surface area (Å²) in [6.07, 6.45) is 3.14. The van der Waals surface area contributed by atoms with Gasteiger partial charge in [0.25, 0.3) is 0 Å². The van der Waals surface area contributed by atoms with Crippen LogP contribution in [0.3, 0.4) is 0 Å². The van der Waals surface area contributed by atoms with Gasteiger partial charge in [0, 0.05) is 31.6 Å². The van der Waals surface area contributed by atoms with Crippen molar-refractivity contribution in [3.8, 4) is 0 Å². The number of carbonyl (C=O) groups excluding carboxylic acids is 1. The molecule has 4 heteroatoms. The summed E-state index contributed by atoms with van der Waals surface area (Å²) in [4.78, 5) is 16.7. The quantitative estimate of drug-likeness (QED) is 0.847. The highest BCUT2D eigenvalue weighted by Crippen LogP contribution is 2.25. The van der Waals surface area contributed by atoms with Crippen molar-refractivity contribution in [2.75, 3.05) is 32.7 Å². The van der Waals surface area contributed by atoms with Gasteiger partial charge in [-0.2, -0.15) is 0 Å². The van der Waals surface area contributed by atoms with Gasteiger partial charge < -0.3 is 14.9 Å². The molecule has 21 heavy (non-hydrogen) atoms. The summed E-state index contributed by atoms with van der Waals surface area (Å²) in [7, 11) is 0. The van der Waals surface area contributed by atoms with E-state index in [2.05, 4.69) is 11.8 Å². The van der Waals surface area contributed by atoms with E-state index in [1.165, 1.54) is 0 Å². The van der Waals surface area contributed by atoms with Gasteiger partial charge in [0.1, 0.15) is 0 Å². The highest BCUT2D eigenvalue weighted by molar-refractivity contribution is 5.81. The molecule has 2 fully saturated rings. The molecule has 0 aromatic rings. The second-order valence-corrected chi connectivity index (χ2v) is 8.08. The van der Waals surface area contributed by atoms with Crippen molar-refractivity contribution in [2.24, 2.45) is 17.3 Å². The Kier molecular flexibility index (Phi) is 5.31. The molecule has 2 aliphatic heterocycles. The number of piperidine rings is 2. The van der Waals surface area contributed by atoms with E-state index in [1.807, 2.05) is 25.7 Å². The lowest BCUT2D eigenvalue weighted by molar-refractivity contribution is -0.141. The number of carbonyl (C=O) groups is 1. The first-order chi connectivity index (χ1) is 9.77. The Morgan fingerprint density at radius 2 is 1.76 bits per heavy atom. The van der Waals surface area contributed by atoms with E-state index >= 15 is 0 Å². The van der Waals surface area contributed by atoms with Crippen LogP contribution < -0.4 is 0 Å².